The number of Topliss-reactive ketones (excluding diaryl/α,β-unsaturated/α-hetero) is 1. The molecule has 1 aliphatic carbocycles. The van der Waals surface area contributed by atoms with E-state index in [9.17, 15) is 9.90 Å². The number of nitrogens with zero attached hydrogens (tertiary/aromatic N) is 1. The summed E-state index contributed by atoms with van der Waals surface area (Å²) in [7, 11) is 0. The van der Waals surface area contributed by atoms with E-state index < -0.39 is 6.10 Å². The van der Waals surface area contributed by atoms with Crippen molar-refractivity contribution in [1.29, 1.82) is 0 Å². The summed E-state index contributed by atoms with van der Waals surface area (Å²) in [6, 6.07) is 6.38. The van der Waals surface area contributed by atoms with Crippen LogP contribution >= 0.6 is 0 Å². The molecule has 2 N–H and O–H groups in total. The molecule has 0 spiro atoms. The molecule has 0 radical (unpaired) electrons. The third-order valence-electron chi connectivity index (χ3n) is 5.54. The Morgan fingerprint density at radius 2 is 2.08 bits per heavy atom. The first-order chi connectivity index (χ1) is 12.1. The molecular weight excluding hydrogens is 316 g/mol. The second-order valence-corrected chi connectivity index (χ2v) is 7.46. The van der Waals surface area contributed by atoms with Gasteiger partial charge in [-0.05, 0) is 37.5 Å². The molecule has 1 saturated heterocycles. The molecule has 1 atom stereocenters. The van der Waals surface area contributed by atoms with Crippen molar-refractivity contribution in [2.75, 3.05) is 32.8 Å². The van der Waals surface area contributed by atoms with E-state index in [4.69, 9.17) is 4.74 Å². The van der Waals surface area contributed by atoms with Gasteiger partial charge in [-0.1, -0.05) is 11.6 Å². The SMILES string of the molecule is Cc1ccc2c(c1)c1c(n2C[C@@H](O)C[NH+]2CCOCC2)C(=O)CCC1. The molecular formula is C20H27N2O3+. The smallest absolute Gasteiger partial charge is 0.179 e. The molecule has 0 saturated carbocycles. The number of ketones is 1. The van der Waals surface area contributed by atoms with E-state index in [1.54, 1.807) is 0 Å². The summed E-state index contributed by atoms with van der Waals surface area (Å²) in [4.78, 5) is 14.0. The number of aliphatic hydroxyl groups is 1. The van der Waals surface area contributed by atoms with Gasteiger partial charge < -0.3 is 19.3 Å². The Morgan fingerprint density at radius 1 is 1.28 bits per heavy atom. The number of hydrogen-bond donors (Lipinski definition) is 2. The number of nitrogens with one attached hydrogen (secondary N) is 1. The number of benzene rings is 1. The monoisotopic (exact) mass is 343 g/mol. The van der Waals surface area contributed by atoms with E-state index in [0.29, 0.717) is 19.5 Å². The van der Waals surface area contributed by atoms with Crippen LogP contribution in [0.2, 0.25) is 0 Å². The fraction of sp³-hybridized carbons (Fsp3) is 0.550. The molecule has 2 aliphatic rings. The van der Waals surface area contributed by atoms with E-state index >= 15 is 0 Å². The lowest BCUT2D eigenvalue weighted by Crippen LogP contribution is -3.15. The standard InChI is InChI=1S/C20H26N2O3/c1-14-5-6-18-17(11-14)16-3-2-4-19(24)20(16)22(18)13-15(23)12-21-7-9-25-10-8-21/h5-6,11,15,23H,2-4,7-10,12-13H2,1H3/p+1/t15-/m0/s1. The summed E-state index contributed by atoms with van der Waals surface area (Å²) in [6.45, 7) is 6.70. The van der Waals surface area contributed by atoms with Gasteiger partial charge >= 0.3 is 0 Å². The van der Waals surface area contributed by atoms with Crippen molar-refractivity contribution in [1.82, 2.24) is 4.57 Å². The first kappa shape index (κ1) is 16.8. The molecule has 0 bridgehead atoms. The van der Waals surface area contributed by atoms with Crippen LogP contribution in [0.5, 0.6) is 0 Å². The summed E-state index contributed by atoms with van der Waals surface area (Å²) in [5.74, 6) is 0.223. The minimum atomic E-state index is -0.455. The molecule has 1 aromatic carbocycles. The number of carbonyl (C=O) groups excluding carboxylic acids is 1. The van der Waals surface area contributed by atoms with E-state index in [2.05, 4.69) is 29.7 Å². The Morgan fingerprint density at radius 3 is 2.88 bits per heavy atom. The number of aliphatic hydroxyl groups excluding tert-OH is 1. The quantitative estimate of drug-likeness (QED) is 0.861. The molecule has 5 nitrogen and oxygen atoms in total. The van der Waals surface area contributed by atoms with Gasteiger partial charge in [0.15, 0.2) is 5.78 Å². The van der Waals surface area contributed by atoms with Gasteiger partial charge in [0.05, 0.1) is 25.5 Å². The number of rotatable bonds is 4. The fourth-order valence-electron chi connectivity index (χ4n) is 4.32. The molecule has 1 fully saturated rings. The lowest BCUT2D eigenvalue weighted by molar-refractivity contribution is -0.911. The Hall–Kier alpha value is -1.69. The number of quaternary nitrogens is 1. The predicted molar refractivity (Wildman–Crippen MR) is 96.3 cm³/mol. The average Bonchev–Trinajstić information content (AvgIpc) is 2.90. The summed E-state index contributed by atoms with van der Waals surface area (Å²) in [5.41, 5.74) is 4.31. The van der Waals surface area contributed by atoms with Gasteiger partial charge in [0.25, 0.3) is 0 Å². The van der Waals surface area contributed by atoms with Gasteiger partial charge in [0, 0.05) is 17.3 Å². The first-order valence-corrected chi connectivity index (χ1v) is 9.38. The molecule has 134 valence electrons. The molecule has 0 amide bonds. The molecule has 25 heavy (non-hydrogen) atoms. The fourth-order valence-corrected chi connectivity index (χ4v) is 4.32. The van der Waals surface area contributed by atoms with E-state index in [1.165, 1.54) is 21.4 Å². The van der Waals surface area contributed by atoms with Crippen LogP contribution in [0.4, 0.5) is 0 Å². The van der Waals surface area contributed by atoms with Crippen molar-refractivity contribution in [2.45, 2.75) is 38.8 Å². The molecule has 2 heterocycles. The zero-order valence-electron chi connectivity index (χ0n) is 14.9. The van der Waals surface area contributed by atoms with Crippen LogP contribution in [0.1, 0.15) is 34.5 Å². The predicted octanol–water partition coefficient (Wildman–Crippen LogP) is 0.745. The molecule has 2 aromatic rings. The topological polar surface area (TPSA) is 55.9 Å². The summed E-state index contributed by atoms with van der Waals surface area (Å²) >= 11 is 0. The third kappa shape index (κ3) is 3.24. The van der Waals surface area contributed by atoms with Crippen LogP contribution in [0, 0.1) is 6.92 Å². The largest absolute Gasteiger partial charge is 0.385 e. The van der Waals surface area contributed by atoms with Crippen LogP contribution < -0.4 is 4.90 Å². The molecule has 5 heteroatoms. The van der Waals surface area contributed by atoms with Gasteiger partial charge in [-0.15, -0.1) is 0 Å². The highest BCUT2D eigenvalue weighted by molar-refractivity contribution is 6.04. The van der Waals surface area contributed by atoms with Crippen molar-refractivity contribution in [3.63, 3.8) is 0 Å². The zero-order valence-corrected chi connectivity index (χ0v) is 14.9. The van der Waals surface area contributed by atoms with Crippen molar-refractivity contribution in [3.05, 3.63) is 35.0 Å². The minimum Gasteiger partial charge on any atom is -0.385 e. The Kier molecular flexibility index (Phi) is 4.63. The van der Waals surface area contributed by atoms with E-state index in [-0.39, 0.29) is 5.78 Å². The highest BCUT2D eigenvalue weighted by Crippen LogP contribution is 2.33. The minimum absolute atomic E-state index is 0.223. The van der Waals surface area contributed by atoms with Gasteiger partial charge in [0.1, 0.15) is 25.7 Å². The maximum atomic E-state index is 12.6. The molecule has 1 aromatic heterocycles. The average molecular weight is 343 g/mol. The Labute approximate surface area is 148 Å². The van der Waals surface area contributed by atoms with Crippen molar-refractivity contribution in [2.24, 2.45) is 0 Å². The Bertz CT molecular complexity index is 790. The third-order valence-corrected chi connectivity index (χ3v) is 5.54. The summed E-state index contributed by atoms with van der Waals surface area (Å²) in [5, 5.41) is 11.9. The van der Waals surface area contributed by atoms with Gasteiger partial charge in [-0.2, -0.15) is 0 Å². The van der Waals surface area contributed by atoms with Crippen LogP contribution in [-0.4, -0.2) is 54.4 Å². The lowest BCUT2D eigenvalue weighted by Gasteiger charge is -2.26. The molecule has 0 unspecified atom stereocenters. The lowest BCUT2D eigenvalue weighted by atomic mass is 9.94. The normalized spacial score (nSPS) is 20.0. The van der Waals surface area contributed by atoms with E-state index in [0.717, 1.165) is 50.4 Å². The maximum absolute atomic E-state index is 12.6. The summed E-state index contributed by atoms with van der Waals surface area (Å²) < 4.78 is 7.47. The van der Waals surface area contributed by atoms with Crippen LogP contribution in [-0.2, 0) is 17.7 Å². The summed E-state index contributed by atoms with van der Waals surface area (Å²) in [6.07, 6.45) is 2.05. The highest BCUT2D eigenvalue weighted by Gasteiger charge is 2.28. The number of carbonyl (C=O) groups is 1. The number of ether oxygens (including phenoxy) is 1. The number of morpholine rings is 1. The van der Waals surface area contributed by atoms with Crippen LogP contribution in [0.3, 0.4) is 0 Å². The van der Waals surface area contributed by atoms with Crippen molar-refractivity contribution < 1.29 is 19.5 Å². The first-order valence-electron chi connectivity index (χ1n) is 9.38. The number of hydrogen-bond acceptors (Lipinski definition) is 3. The van der Waals surface area contributed by atoms with Gasteiger partial charge in [-0.25, -0.2) is 0 Å². The van der Waals surface area contributed by atoms with Crippen molar-refractivity contribution >= 4 is 16.7 Å². The van der Waals surface area contributed by atoms with Gasteiger partial charge in [0.2, 0.25) is 0 Å². The second-order valence-electron chi connectivity index (χ2n) is 7.46. The zero-order chi connectivity index (χ0) is 17.4. The highest BCUT2D eigenvalue weighted by atomic mass is 16.5. The maximum Gasteiger partial charge on any atom is 0.179 e. The molecule has 4 rings (SSSR count). The number of fused-ring (bicyclic) bond motifs is 3. The van der Waals surface area contributed by atoms with Crippen LogP contribution in [0.25, 0.3) is 10.9 Å². The van der Waals surface area contributed by atoms with E-state index in [1.807, 2.05) is 0 Å². The van der Waals surface area contributed by atoms with Gasteiger partial charge in [-0.3, -0.25) is 4.79 Å². The number of aryl methyl sites for hydroxylation is 2. The van der Waals surface area contributed by atoms with Crippen molar-refractivity contribution in [3.8, 4) is 0 Å². The second kappa shape index (κ2) is 6.90. The Balaban J connectivity index is 1.66. The number of aromatic nitrogens is 1. The van der Waals surface area contributed by atoms with Crippen LogP contribution in [0.15, 0.2) is 18.2 Å². The molecule has 1 aliphatic heterocycles.